The summed E-state index contributed by atoms with van der Waals surface area (Å²) in [6.07, 6.45) is 1.79. The minimum atomic E-state index is -0.434. The molecule has 4 rings (SSSR count). The smallest absolute Gasteiger partial charge is 0.271 e. The van der Waals surface area contributed by atoms with Crippen LogP contribution in [0.15, 0.2) is 53.0 Å². The van der Waals surface area contributed by atoms with Crippen LogP contribution in [0.25, 0.3) is 22.7 Å². The predicted molar refractivity (Wildman–Crippen MR) is 121 cm³/mol. The van der Waals surface area contributed by atoms with E-state index in [2.05, 4.69) is 21.0 Å². The van der Waals surface area contributed by atoms with E-state index in [-0.39, 0.29) is 5.69 Å². The normalized spacial score (nSPS) is 11.4. The molecule has 0 radical (unpaired) electrons. The van der Waals surface area contributed by atoms with Crippen molar-refractivity contribution in [3.05, 3.63) is 74.2 Å². The van der Waals surface area contributed by atoms with Gasteiger partial charge in [-0.25, -0.2) is 9.97 Å². The number of nitriles is 1. The van der Waals surface area contributed by atoms with Gasteiger partial charge >= 0.3 is 0 Å². The number of allylic oxidation sites excluding steroid dienone is 1. The third-order valence-electron chi connectivity index (χ3n) is 4.34. The molecule has 154 valence electrons. The summed E-state index contributed by atoms with van der Waals surface area (Å²) in [6, 6.07) is 14.2. The fourth-order valence-electron chi connectivity index (χ4n) is 2.80. The average Bonchev–Trinajstić information content (AvgIpc) is 3.42. The second-order valence-corrected chi connectivity index (χ2v) is 8.20. The number of thiazole rings is 1. The van der Waals surface area contributed by atoms with Gasteiger partial charge in [-0.1, -0.05) is 23.9 Å². The molecule has 0 fully saturated rings. The van der Waals surface area contributed by atoms with Crippen LogP contribution in [0.2, 0.25) is 0 Å². The lowest BCUT2D eigenvalue weighted by Crippen LogP contribution is -1.86. The number of rotatable bonds is 7. The Kier molecular flexibility index (Phi) is 5.97. The second-order valence-electron chi connectivity index (χ2n) is 6.38. The largest absolute Gasteiger partial charge is 0.497 e. The van der Waals surface area contributed by atoms with Crippen LogP contribution in [0.3, 0.4) is 0 Å². The average molecular weight is 450 g/mol. The summed E-state index contributed by atoms with van der Waals surface area (Å²) in [7, 11) is 1.61. The number of aromatic nitrogens is 3. The summed E-state index contributed by atoms with van der Waals surface area (Å²) < 4.78 is 5.15. The van der Waals surface area contributed by atoms with Crippen LogP contribution in [0.4, 0.5) is 5.69 Å². The molecule has 0 saturated carbocycles. The number of hydrogen-bond acceptors (Lipinski definition) is 8. The Morgan fingerprint density at radius 1 is 1.32 bits per heavy atom. The number of nitro groups is 1. The van der Waals surface area contributed by atoms with Gasteiger partial charge in [0.05, 0.1) is 34.3 Å². The molecule has 2 heterocycles. The van der Waals surface area contributed by atoms with E-state index in [4.69, 9.17) is 4.74 Å². The monoisotopic (exact) mass is 449 g/mol. The highest BCUT2D eigenvalue weighted by molar-refractivity contribution is 7.98. The van der Waals surface area contributed by atoms with Gasteiger partial charge in [0.2, 0.25) is 0 Å². The zero-order valence-electron chi connectivity index (χ0n) is 16.2. The van der Waals surface area contributed by atoms with Crippen molar-refractivity contribution in [1.82, 2.24) is 15.0 Å². The molecule has 0 amide bonds. The Morgan fingerprint density at radius 3 is 2.84 bits per heavy atom. The molecule has 0 bridgehead atoms. The Morgan fingerprint density at radius 2 is 2.13 bits per heavy atom. The van der Waals surface area contributed by atoms with Gasteiger partial charge in [0.25, 0.3) is 5.69 Å². The van der Waals surface area contributed by atoms with E-state index in [1.165, 1.54) is 35.2 Å². The van der Waals surface area contributed by atoms with Gasteiger partial charge in [0.15, 0.2) is 5.16 Å². The van der Waals surface area contributed by atoms with Crippen LogP contribution in [0.5, 0.6) is 5.75 Å². The Balaban J connectivity index is 1.47. The molecule has 0 unspecified atom stereocenters. The zero-order chi connectivity index (χ0) is 21.8. The topological polar surface area (TPSA) is 118 Å². The number of imidazole rings is 1. The number of aromatic amines is 1. The Labute approximate surface area is 185 Å². The first-order valence-corrected chi connectivity index (χ1v) is 10.9. The number of thioether (sulfide) groups is 1. The molecule has 1 N–H and O–H groups in total. The molecule has 2 aromatic heterocycles. The quantitative estimate of drug-likeness (QED) is 0.176. The molecule has 10 heteroatoms. The van der Waals surface area contributed by atoms with E-state index in [0.29, 0.717) is 32.5 Å². The highest BCUT2D eigenvalue weighted by Crippen LogP contribution is 2.28. The van der Waals surface area contributed by atoms with E-state index >= 15 is 0 Å². The van der Waals surface area contributed by atoms with Crippen LogP contribution in [-0.4, -0.2) is 27.0 Å². The maximum atomic E-state index is 10.9. The first-order chi connectivity index (χ1) is 15.1. The van der Waals surface area contributed by atoms with Crippen molar-refractivity contribution in [3.63, 3.8) is 0 Å². The molecule has 4 aromatic rings. The van der Waals surface area contributed by atoms with Crippen molar-refractivity contribution < 1.29 is 9.66 Å². The number of nitrogens with zero attached hydrogens (tertiary/aromatic N) is 4. The fourth-order valence-corrected chi connectivity index (χ4v) is 4.47. The first kappa shape index (κ1) is 20.6. The van der Waals surface area contributed by atoms with E-state index in [9.17, 15) is 15.4 Å². The van der Waals surface area contributed by atoms with Crippen LogP contribution in [0, 0.1) is 21.4 Å². The molecule has 0 spiro atoms. The van der Waals surface area contributed by atoms with E-state index < -0.39 is 4.92 Å². The fraction of sp³-hybridized carbons (Fsp3) is 0.0952. The van der Waals surface area contributed by atoms with Crippen LogP contribution in [0.1, 0.15) is 16.3 Å². The molecule has 0 aliphatic rings. The number of fused-ring (bicyclic) bond motifs is 1. The number of nitro benzene ring substituents is 1. The molecule has 0 saturated heterocycles. The molecule has 31 heavy (non-hydrogen) atoms. The molecule has 2 aromatic carbocycles. The summed E-state index contributed by atoms with van der Waals surface area (Å²) in [6.45, 7) is 0. The summed E-state index contributed by atoms with van der Waals surface area (Å²) in [5.41, 5.74) is 3.50. The first-order valence-electron chi connectivity index (χ1n) is 9.03. The third kappa shape index (κ3) is 4.74. The highest BCUT2D eigenvalue weighted by Gasteiger charge is 2.12. The standard InChI is InChI=1S/C21H15N5O3S2/c1-29-17-5-2-13(3-6-17)8-14(10-22)20-23-15(11-30-20)12-31-21-24-18-7-4-16(26(27)28)9-19(18)25-21/h2-9,11H,12H2,1H3,(H,24,25)/b14-8+. The van der Waals surface area contributed by atoms with Crippen molar-refractivity contribution in [2.45, 2.75) is 10.9 Å². The van der Waals surface area contributed by atoms with Crippen LogP contribution >= 0.6 is 23.1 Å². The minimum absolute atomic E-state index is 0.0181. The summed E-state index contributed by atoms with van der Waals surface area (Å²) in [5.74, 6) is 1.31. The number of methoxy groups -OCH3 is 1. The van der Waals surface area contributed by atoms with Gasteiger partial charge in [0.1, 0.15) is 16.8 Å². The number of H-pyrrole nitrogens is 1. The van der Waals surface area contributed by atoms with Gasteiger partial charge < -0.3 is 9.72 Å². The maximum Gasteiger partial charge on any atom is 0.271 e. The van der Waals surface area contributed by atoms with Gasteiger partial charge in [-0.05, 0) is 29.8 Å². The Bertz CT molecular complexity index is 1320. The number of non-ortho nitro benzene ring substituents is 1. The number of benzene rings is 2. The van der Waals surface area contributed by atoms with Crippen molar-refractivity contribution in [1.29, 1.82) is 5.26 Å². The zero-order valence-corrected chi connectivity index (χ0v) is 17.9. The summed E-state index contributed by atoms with van der Waals surface area (Å²) in [4.78, 5) is 22.6. The molecule has 0 aliphatic heterocycles. The van der Waals surface area contributed by atoms with Crippen molar-refractivity contribution in [2.24, 2.45) is 0 Å². The van der Waals surface area contributed by atoms with Gasteiger partial charge in [-0.15, -0.1) is 11.3 Å². The lowest BCUT2D eigenvalue weighted by atomic mass is 10.1. The number of nitrogens with one attached hydrogen (secondary N) is 1. The summed E-state index contributed by atoms with van der Waals surface area (Å²) in [5, 5.41) is 23.7. The lowest BCUT2D eigenvalue weighted by Gasteiger charge is -2.00. The molecule has 0 atom stereocenters. The van der Waals surface area contributed by atoms with Gasteiger partial charge in [-0.3, -0.25) is 10.1 Å². The Hall–Kier alpha value is -3.68. The summed E-state index contributed by atoms with van der Waals surface area (Å²) >= 11 is 2.85. The van der Waals surface area contributed by atoms with Crippen molar-refractivity contribution in [3.8, 4) is 11.8 Å². The third-order valence-corrected chi connectivity index (χ3v) is 6.17. The minimum Gasteiger partial charge on any atom is -0.497 e. The SMILES string of the molecule is COc1ccc(/C=C(\C#N)c2nc(CSc3nc4ccc([N+](=O)[O-])cc4[nH]3)cs2)cc1. The predicted octanol–water partition coefficient (Wildman–Crippen LogP) is 5.29. The van der Waals surface area contributed by atoms with Gasteiger partial charge in [-0.2, -0.15) is 5.26 Å². The van der Waals surface area contributed by atoms with Crippen LogP contribution in [-0.2, 0) is 5.75 Å². The molecule has 0 aliphatic carbocycles. The molecule has 8 nitrogen and oxygen atoms in total. The van der Waals surface area contributed by atoms with Gasteiger partial charge in [0, 0.05) is 23.3 Å². The van der Waals surface area contributed by atoms with E-state index in [1.54, 1.807) is 19.3 Å². The number of hydrogen-bond donors (Lipinski definition) is 1. The number of ether oxygens (including phenoxy) is 1. The molecular formula is C21H15N5O3S2. The van der Waals surface area contributed by atoms with Crippen molar-refractivity contribution >= 4 is 51.5 Å². The second kappa shape index (κ2) is 8.99. The maximum absolute atomic E-state index is 10.9. The van der Waals surface area contributed by atoms with E-state index in [0.717, 1.165) is 17.0 Å². The van der Waals surface area contributed by atoms with Crippen molar-refractivity contribution in [2.75, 3.05) is 7.11 Å². The lowest BCUT2D eigenvalue weighted by molar-refractivity contribution is -0.384. The molecular weight excluding hydrogens is 434 g/mol. The van der Waals surface area contributed by atoms with E-state index in [1.807, 2.05) is 29.6 Å². The highest BCUT2D eigenvalue weighted by atomic mass is 32.2. The van der Waals surface area contributed by atoms with Crippen LogP contribution < -0.4 is 4.74 Å².